The standard InChI is InChI=1S/C14H12BrFN2O/c1-18(9-10-2-4-12(15)5-3-10)14(19)11-6-13(16)8-17-7-11/h2-8H,9H2,1H3. The molecule has 0 aliphatic carbocycles. The Morgan fingerprint density at radius 3 is 2.63 bits per heavy atom. The molecular weight excluding hydrogens is 311 g/mol. The Morgan fingerprint density at radius 2 is 2.00 bits per heavy atom. The zero-order valence-electron chi connectivity index (χ0n) is 10.3. The molecule has 0 fully saturated rings. The number of rotatable bonds is 3. The van der Waals surface area contributed by atoms with E-state index in [0.717, 1.165) is 16.2 Å². The number of nitrogens with zero attached hydrogens (tertiary/aromatic N) is 2. The third-order valence-electron chi connectivity index (χ3n) is 2.63. The highest BCUT2D eigenvalue weighted by molar-refractivity contribution is 9.10. The molecule has 2 aromatic rings. The normalized spacial score (nSPS) is 10.3. The van der Waals surface area contributed by atoms with Crippen LogP contribution in [0.2, 0.25) is 0 Å². The molecule has 2 rings (SSSR count). The number of carbonyl (C=O) groups is 1. The molecule has 0 unspecified atom stereocenters. The smallest absolute Gasteiger partial charge is 0.255 e. The topological polar surface area (TPSA) is 33.2 Å². The van der Waals surface area contributed by atoms with Crippen molar-refractivity contribution < 1.29 is 9.18 Å². The van der Waals surface area contributed by atoms with Crippen LogP contribution in [0.15, 0.2) is 47.2 Å². The summed E-state index contributed by atoms with van der Waals surface area (Å²) in [7, 11) is 1.68. The predicted molar refractivity (Wildman–Crippen MR) is 74.1 cm³/mol. The molecular formula is C14H12BrFN2O. The van der Waals surface area contributed by atoms with Crippen molar-refractivity contribution in [1.29, 1.82) is 0 Å². The highest BCUT2D eigenvalue weighted by Crippen LogP contribution is 2.13. The van der Waals surface area contributed by atoms with E-state index in [-0.39, 0.29) is 11.5 Å². The molecule has 3 nitrogen and oxygen atoms in total. The van der Waals surface area contributed by atoms with E-state index in [1.165, 1.54) is 17.2 Å². The van der Waals surface area contributed by atoms with Gasteiger partial charge in [-0.05, 0) is 23.8 Å². The Hall–Kier alpha value is -1.75. The summed E-state index contributed by atoms with van der Waals surface area (Å²) in [5, 5.41) is 0. The van der Waals surface area contributed by atoms with Crippen LogP contribution in [0.3, 0.4) is 0 Å². The molecule has 0 spiro atoms. The van der Waals surface area contributed by atoms with Crippen LogP contribution in [0.25, 0.3) is 0 Å². The van der Waals surface area contributed by atoms with Gasteiger partial charge >= 0.3 is 0 Å². The predicted octanol–water partition coefficient (Wildman–Crippen LogP) is 3.26. The van der Waals surface area contributed by atoms with Crippen molar-refractivity contribution >= 4 is 21.8 Å². The van der Waals surface area contributed by atoms with E-state index in [9.17, 15) is 9.18 Å². The molecule has 0 saturated heterocycles. The molecule has 0 aliphatic rings. The van der Waals surface area contributed by atoms with Gasteiger partial charge in [-0.3, -0.25) is 9.78 Å². The second kappa shape index (κ2) is 5.93. The first-order chi connectivity index (χ1) is 9.06. The maximum atomic E-state index is 13.0. The van der Waals surface area contributed by atoms with E-state index in [1.807, 2.05) is 24.3 Å². The Kier molecular flexibility index (Phi) is 4.27. The lowest BCUT2D eigenvalue weighted by molar-refractivity contribution is 0.0784. The third-order valence-corrected chi connectivity index (χ3v) is 3.16. The van der Waals surface area contributed by atoms with Crippen LogP contribution >= 0.6 is 15.9 Å². The fourth-order valence-electron chi connectivity index (χ4n) is 1.68. The molecule has 1 heterocycles. The van der Waals surface area contributed by atoms with Gasteiger partial charge in [-0.15, -0.1) is 0 Å². The minimum atomic E-state index is -0.511. The molecule has 5 heteroatoms. The molecule has 0 bridgehead atoms. The van der Waals surface area contributed by atoms with Gasteiger partial charge in [0, 0.05) is 24.3 Å². The Balaban J connectivity index is 2.09. The number of amides is 1. The highest BCUT2D eigenvalue weighted by Gasteiger charge is 2.13. The van der Waals surface area contributed by atoms with Crippen molar-refractivity contribution in [2.75, 3.05) is 7.05 Å². The Morgan fingerprint density at radius 1 is 1.32 bits per heavy atom. The number of hydrogen-bond acceptors (Lipinski definition) is 2. The molecule has 0 radical (unpaired) electrons. The van der Waals surface area contributed by atoms with Crippen molar-refractivity contribution in [3.63, 3.8) is 0 Å². The van der Waals surface area contributed by atoms with Crippen molar-refractivity contribution in [2.24, 2.45) is 0 Å². The second-order valence-corrected chi connectivity index (χ2v) is 5.10. The Labute approximate surface area is 119 Å². The van der Waals surface area contributed by atoms with Crippen LogP contribution in [-0.4, -0.2) is 22.8 Å². The quantitative estimate of drug-likeness (QED) is 0.869. The number of aromatic nitrogens is 1. The van der Waals surface area contributed by atoms with Crippen LogP contribution in [0, 0.1) is 5.82 Å². The van der Waals surface area contributed by atoms with E-state index in [2.05, 4.69) is 20.9 Å². The monoisotopic (exact) mass is 322 g/mol. The van der Waals surface area contributed by atoms with Crippen molar-refractivity contribution in [1.82, 2.24) is 9.88 Å². The minimum Gasteiger partial charge on any atom is -0.337 e. The summed E-state index contributed by atoms with van der Waals surface area (Å²) < 4.78 is 14.0. The number of carbonyl (C=O) groups excluding carboxylic acids is 1. The second-order valence-electron chi connectivity index (χ2n) is 4.18. The molecule has 1 aromatic carbocycles. The average molecular weight is 323 g/mol. The first-order valence-corrected chi connectivity index (χ1v) is 6.46. The molecule has 0 saturated carbocycles. The van der Waals surface area contributed by atoms with Crippen molar-refractivity contribution in [3.05, 3.63) is 64.1 Å². The summed E-state index contributed by atoms with van der Waals surface area (Å²) in [4.78, 5) is 17.3. The van der Waals surface area contributed by atoms with Gasteiger partial charge in [0.1, 0.15) is 5.82 Å². The summed E-state index contributed by atoms with van der Waals surface area (Å²) in [5.74, 6) is -0.766. The lowest BCUT2D eigenvalue weighted by Crippen LogP contribution is -2.26. The van der Waals surface area contributed by atoms with E-state index in [4.69, 9.17) is 0 Å². The van der Waals surface area contributed by atoms with Gasteiger partial charge in [0.25, 0.3) is 5.91 Å². The molecule has 1 amide bonds. The Bertz CT molecular complexity index is 586. The van der Waals surface area contributed by atoms with Gasteiger partial charge in [0.05, 0.1) is 11.8 Å². The molecule has 19 heavy (non-hydrogen) atoms. The van der Waals surface area contributed by atoms with Crippen LogP contribution in [0.1, 0.15) is 15.9 Å². The fourth-order valence-corrected chi connectivity index (χ4v) is 1.95. The van der Waals surface area contributed by atoms with E-state index >= 15 is 0 Å². The molecule has 0 atom stereocenters. The van der Waals surface area contributed by atoms with Crippen LogP contribution in [0.4, 0.5) is 4.39 Å². The van der Waals surface area contributed by atoms with Gasteiger partial charge in [0.2, 0.25) is 0 Å². The van der Waals surface area contributed by atoms with Gasteiger partial charge in [-0.25, -0.2) is 4.39 Å². The molecule has 1 aromatic heterocycles. The summed E-state index contributed by atoms with van der Waals surface area (Å²) in [6, 6.07) is 8.87. The lowest BCUT2D eigenvalue weighted by Gasteiger charge is -2.17. The van der Waals surface area contributed by atoms with Crippen LogP contribution in [0.5, 0.6) is 0 Å². The van der Waals surface area contributed by atoms with E-state index in [0.29, 0.717) is 6.54 Å². The van der Waals surface area contributed by atoms with Gasteiger partial charge in [-0.2, -0.15) is 0 Å². The van der Waals surface area contributed by atoms with E-state index in [1.54, 1.807) is 7.05 Å². The number of benzene rings is 1. The average Bonchev–Trinajstić information content (AvgIpc) is 2.40. The van der Waals surface area contributed by atoms with Crippen molar-refractivity contribution in [2.45, 2.75) is 6.54 Å². The molecule has 98 valence electrons. The summed E-state index contributed by atoms with van der Waals surface area (Å²) in [6.45, 7) is 0.461. The first kappa shape index (κ1) is 13.7. The SMILES string of the molecule is CN(Cc1ccc(Br)cc1)C(=O)c1cncc(F)c1. The maximum absolute atomic E-state index is 13.0. The molecule has 0 aliphatic heterocycles. The fraction of sp³-hybridized carbons (Fsp3) is 0.143. The van der Waals surface area contributed by atoms with Gasteiger partial charge < -0.3 is 4.90 Å². The van der Waals surface area contributed by atoms with Gasteiger partial charge in [0.15, 0.2) is 0 Å². The number of pyridine rings is 1. The van der Waals surface area contributed by atoms with Crippen LogP contribution < -0.4 is 0 Å². The van der Waals surface area contributed by atoms with Crippen molar-refractivity contribution in [3.8, 4) is 0 Å². The van der Waals surface area contributed by atoms with Gasteiger partial charge in [-0.1, -0.05) is 28.1 Å². The lowest BCUT2D eigenvalue weighted by atomic mass is 10.2. The van der Waals surface area contributed by atoms with E-state index < -0.39 is 5.82 Å². The number of hydrogen-bond donors (Lipinski definition) is 0. The zero-order chi connectivity index (χ0) is 13.8. The highest BCUT2D eigenvalue weighted by atomic mass is 79.9. The zero-order valence-corrected chi connectivity index (χ0v) is 11.9. The largest absolute Gasteiger partial charge is 0.337 e. The summed E-state index contributed by atoms with van der Waals surface area (Å²) in [5.41, 5.74) is 1.25. The summed E-state index contributed by atoms with van der Waals surface area (Å²) in [6.07, 6.45) is 2.44. The third kappa shape index (κ3) is 3.61. The summed E-state index contributed by atoms with van der Waals surface area (Å²) >= 11 is 3.35. The molecule has 0 N–H and O–H groups in total. The van der Waals surface area contributed by atoms with Crippen LogP contribution in [-0.2, 0) is 6.54 Å². The number of halogens is 2. The maximum Gasteiger partial charge on any atom is 0.255 e. The first-order valence-electron chi connectivity index (χ1n) is 5.67. The minimum absolute atomic E-state index is 0.250.